The van der Waals surface area contributed by atoms with Crippen LogP contribution in [0.15, 0.2) is 18.2 Å². The Labute approximate surface area is 107 Å². The van der Waals surface area contributed by atoms with Gasteiger partial charge in [-0.3, -0.25) is 0 Å². The minimum absolute atomic E-state index is 0.250. The lowest BCUT2D eigenvalue weighted by atomic mass is 10.2. The van der Waals surface area contributed by atoms with E-state index >= 15 is 0 Å². The average Bonchev–Trinajstić information content (AvgIpc) is 2.68. The van der Waals surface area contributed by atoms with Gasteiger partial charge in [0, 0.05) is 13.1 Å². The van der Waals surface area contributed by atoms with Crippen molar-refractivity contribution in [3.8, 4) is 11.5 Å². The van der Waals surface area contributed by atoms with E-state index in [1.807, 2.05) is 12.1 Å². The van der Waals surface area contributed by atoms with Gasteiger partial charge in [-0.05, 0) is 24.1 Å². The summed E-state index contributed by atoms with van der Waals surface area (Å²) >= 11 is 0. The van der Waals surface area contributed by atoms with Gasteiger partial charge in [0.2, 0.25) is 10.0 Å². The Kier molecular flexibility index (Phi) is 3.77. The smallest absolute Gasteiger partial charge is 0.214 e. The molecule has 0 radical (unpaired) electrons. The summed E-state index contributed by atoms with van der Waals surface area (Å²) < 4.78 is 35.3. The van der Waals surface area contributed by atoms with E-state index in [-0.39, 0.29) is 5.75 Å². The van der Waals surface area contributed by atoms with Crippen LogP contribution in [0.25, 0.3) is 0 Å². The van der Waals surface area contributed by atoms with Crippen molar-refractivity contribution in [3.05, 3.63) is 23.8 Å². The fourth-order valence-electron chi connectivity index (χ4n) is 2.05. The Balaban J connectivity index is 2.20. The third-order valence-corrected chi connectivity index (χ3v) is 4.91. The monoisotopic (exact) mass is 271 g/mol. The second-order valence-corrected chi connectivity index (χ2v) is 6.28. The molecule has 0 aliphatic carbocycles. The number of sulfonamides is 1. The highest BCUT2D eigenvalue weighted by Gasteiger charge is 2.28. The number of rotatable bonds is 4. The van der Waals surface area contributed by atoms with Crippen LogP contribution in [-0.4, -0.2) is 39.2 Å². The molecule has 1 fully saturated rings. The van der Waals surface area contributed by atoms with Gasteiger partial charge < -0.3 is 9.47 Å². The highest BCUT2D eigenvalue weighted by atomic mass is 32.2. The van der Waals surface area contributed by atoms with E-state index in [1.165, 1.54) is 4.31 Å². The molecule has 100 valence electrons. The van der Waals surface area contributed by atoms with Crippen molar-refractivity contribution >= 4 is 10.0 Å². The van der Waals surface area contributed by atoms with Crippen LogP contribution >= 0.6 is 0 Å². The van der Waals surface area contributed by atoms with E-state index < -0.39 is 10.0 Å². The topological polar surface area (TPSA) is 55.8 Å². The van der Waals surface area contributed by atoms with Crippen molar-refractivity contribution in [2.75, 3.05) is 26.5 Å². The third kappa shape index (κ3) is 2.59. The minimum Gasteiger partial charge on any atom is -0.493 e. The zero-order chi connectivity index (χ0) is 13.2. The number of hydrogen-bond donors (Lipinski definition) is 0. The summed E-state index contributed by atoms with van der Waals surface area (Å²) in [5, 5.41) is 0. The van der Waals surface area contributed by atoms with E-state index in [2.05, 4.69) is 0 Å². The summed E-state index contributed by atoms with van der Waals surface area (Å²) in [6.45, 7) is 0.985. The van der Waals surface area contributed by atoms with Crippen molar-refractivity contribution in [3.63, 3.8) is 0 Å². The molecule has 5 nitrogen and oxygen atoms in total. The molecule has 1 aliphatic rings. The molecular formula is C12H17NO4S. The number of benzene rings is 1. The number of hydrogen-bond acceptors (Lipinski definition) is 4. The number of ether oxygens (including phenoxy) is 2. The second-order valence-electron chi connectivity index (χ2n) is 4.19. The lowest BCUT2D eigenvalue weighted by Gasteiger charge is -2.15. The molecular weight excluding hydrogens is 254 g/mol. The summed E-state index contributed by atoms with van der Waals surface area (Å²) in [4.78, 5) is 0. The van der Waals surface area contributed by atoms with Gasteiger partial charge in [0.25, 0.3) is 0 Å². The minimum atomic E-state index is -3.06. The largest absolute Gasteiger partial charge is 0.493 e. The van der Waals surface area contributed by atoms with Crippen molar-refractivity contribution < 1.29 is 17.9 Å². The Morgan fingerprint density at radius 2 is 1.94 bits per heavy atom. The molecule has 0 amide bonds. The van der Waals surface area contributed by atoms with Gasteiger partial charge in [0.05, 0.1) is 20.0 Å². The quantitative estimate of drug-likeness (QED) is 0.826. The summed E-state index contributed by atoms with van der Waals surface area (Å²) in [7, 11) is 0.0763. The van der Waals surface area contributed by atoms with Crippen LogP contribution in [-0.2, 0) is 16.6 Å². The summed E-state index contributed by atoms with van der Waals surface area (Å²) in [6.07, 6.45) is 0.704. The molecule has 1 aliphatic heterocycles. The lowest BCUT2D eigenvalue weighted by molar-refractivity contribution is 0.353. The standard InChI is InChI=1S/C12H17NO4S/c1-16-11-5-4-10(8-12(11)17-2)9-13-6-3-7-18(13,14)15/h4-5,8H,3,6-7,9H2,1-2H3. The van der Waals surface area contributed by atoms with Crippen LogP contribution in [0.5, 0.6) is 11.5 Å². The molecule has 0 unspecified atom stereocenters. The normalized spacial score (nSPS) is 18.8. The molecule has 0 aromatic heterocycles. The van der Waals surface area contributed by atoms with Crippen LogP contribution in [0.1, 0.15) is 12.0 Å². The molecule has 0 saturated carbocycles. The van der Waals surface area contributed by atoms with E-state index in [1.54, 1.807) is 20.3 Å². The molecule has 1 saturated heterocycles. The predicted octanol–water partition coefficient (Wildman–Crippen LogP) is 1.24. The van der Waals surface area contributed by atoms with Gasteiger partial charge in [-0.25, -0.2) is 8.42 Å². The maximum atomic E-state index is 11.7. The first kappa shape index (κ1) is 13.2. The Morgan fingerprint density at radius 1 is 1.22 bits per heavy atom. The van der Waals surface area contributed by atoms with Crippen LogP contribution in [0, 0.1) is 0 Å². The van der Waals surface area contributed by atoms with Gasteiger partial charge >= 0.3 is 0 Å². The summed E-state index contributed by atoms with van der Waals surface area (Å²) in [6, 6.07) is 5.46. The van der Waals surface area contributed by atoms with E-state index in [9.17, 15) is 8.42 Å². The third-order valence-electron chi connectivity index (χ3n) is 3.01. The molecule has 0 atom stereocenters. The molecule has 1 heterocycles. The molecule has 0 N–H and O–H groups in total. The van der Waals surface area contributed by atoms with Crippen molar-refractivity contribution in [2.24, 2.45) is 0 Å². The predicted molar refractivity (Wildman–Crippen MR) is 68.4 cm³/mol. The molecule has 1 aromatic rings. The SMILES string of the molecule is COc1ccc(CN2CCCS2(=O)=O)cc1OC. The Bertz CT molecular complexity index is 527. The molecule has 0 spiro atoms. The first-order valence-electron chi connectivity index (χ1n) is 5.75. The number of nitrogens with zero attached hydrogens (tertiary/aromatic N) is 1. The van der Waals surface area contributed by atoms with Gasteiger partial charge in [-0.1, -0.05) is 6.07 Å². The lowest BCUT2D eigenvalue weighted by Crippen LogP contribution is -2.25. The summed E-state index contributed by atoms with van der Waals surface area (Å²) in [5.74, 6) is 1.51. The highest BCUT2D eigenvalue weighted by molar-refractivity contribution is 7.89. The zero-order valence-corrected chi connectivity index (χ0v) is 11.4. The summed E-state index contributed by atoms with van der Waals surface area (Å²) in [5.41, 5.74) is 0.901. The van der Waals surface area contributed by atoms with E-state index in [0.29, 0.717) is 31.0 Å². The van der Waals surface area contributed by atoms with Crippen molar-refractivity contribution in [2.45, 2.75) is 13.0 Å². The fourth-order valence-corrected chi connectivity index (χ4v) is 3.56. The van der Waals surface area contributed by atoms with E-state index in [0.717, 1.165) is 5.56 Å². The first-order chi connectivity index (χ1) is 8.56. The van der Waals surface area contributed by atoms with Gasteiger partial charge in [0.1, 0.15) is 0 Å². The Morgan fingerprint density at radius 3 is 2.50 bits per heavy atom. The van der Waals surface area contributed by atoms with Gasteiger partial charge in [-0.15, -0.1) is 0 Å². The number of methoxy groups -OCH3 is 2. The maximum Gasteiger partial charge on any atom is 0.214 e. The molecule has 18 heavy (non-hydrogen) atoms. The average molecular weight is 271 g/mol. The van der Waals surface area contributed by atoms with Crippen molar-refractivity contribution in [1.29, 1.82) is 0 Å². The van der Waals surface area contributed by atoms with Gasteiger partial charge in [-0.2, -0.15) is 4.31 Å². The Hall–Kier alpha value is -1.27. The zero-order valence-electron chi connectivity index (χ0n) is 10.5. The molecule has 2 rings (SSSR count). The maximum absolute atomic E-state index is 11.7. The van der Waals surface area contributed by atoms with Gasteiger partial charge in [0.15, 0.2) is 11.5 Å². The second kappa shape index (κ2) is 5.16. The molecule has 6 heteroatoms. The van der Waals surface area contributed by atoms with Crippen LogP contribution in [0.2, 0.25) is 0 Å². The van der Waals surface area contributed by atoms with Crippen molar-refractivity contribution in [1.82, 2.24) is 4.31 Å². The highest BCUT2D eigenvalue weighted by Crippen LogP contribution is 2.29. The van der Waals surface area contributed by atoms with E-state index in [4.69, 9.17) is 9.47 Å². The van der Waals surface area contributed by atoms with Crippen LogP contribution < -0.4 is 9.47 Å². The fraction of sp³-hybridized carbons (Fsp3) is 0.500. The molecule has 1 aromatic carbocycles. The van der Waals surface area contributed by atoms with Crippen LogP contribution in [0.4, 0.5) is 0 Å². The molecule has 0 bridgehead atoms. The van der Waals surface area contributed by atoms with Crippen LogP contribution in [0.3, 0.4) is 0 Å². The first-order valence-corrected chi connectivity index (χ1v) is 7.36.